The minimum absolute atomic E-state index is 0.00267. The molecule has 3 atom stereocenters. The van der Waals surface area contributed by atoms with Gasteiger partial charge in [0.25, 0.3) is 0 Å². The summed E-state index contributed by atoms with van der Waals surface area (Å²) in [6.07, 6.45) is 3.95. The molecule has 0 saturated carbocycles. The van der Waals surface area contributed by atoms with Crippen molar-refractivity contribution in [1.29, 1.82) is 0 Å². The topological polar surface area (TPSA) is 133 Å². The van der Waals surface area contributed by atoms with Gasteiger partial charge in [-0.2, -0.15) is 0 Å². The maximum absolute atomic E-state index is 14.9. The Hall–Kier alpha value is -2.95. The zero-order chi connectivity index (χ0) is 23.1. The monoisotopic (exact) mass is 460 g/mol. The number of aromatic nitrogens is 3. The number of methoxy groups -OCH3 is 1. The maximum Gasteiger partial charge on any atom is 0.232 e. The summed E-state index contributed by atoms with van der Waals surface area (Å²) in [5.74, 6) is -0.424. The van der Waals surface area contributed by atoms with E-state index >= 15 is 0 Å². The molecular weight excluding hydrogens is 435 g/mol. The van der Waals surface area contributed by atoms with Gasteiger partial charge in [0.05, 0.1) is 41.4 Å². The van der Waals surface area contributed by atoms with Crippen LogP contribution in [-0.4, -0.2) is 54.9 Å². The first-order valence-electron chi connectivity index (χ1n) is 10.2. The summed E-state index contributed by atoms with van der Waals surface area (Å²) in [6.45, 7) is 3.94. The van der Waals surface area contributed by atoms with E-state index < -0.39 is 25.8 Å². The summed E-state index contributed by atoms with van der Waals surface area (Å²) >= 11 is 0. The van der Waals surface area contributed by atoms with Crippen LogP contribution in [0.5, 0.6) is 5.88 Å². The normalized spacial score (nSPS) is 29.4. The molecular formula is C21H25FN6O3S. The third-order valence-electron chi connectivity index (χ3n) is 6.08. The van der Waals surface area contributed by atoms with Gasteiger partial charge < -0.3 is 10.5 Å². The number of pyridine rings is 1. The molecule has 0 spiro atoms. The van der Waals surface area contributed by atoms with Crippen molar-refractivity contribution in [3.8, 4) is 5.88 Å². The molecule has 9 nitrogen and oxygen atoms in total. The third kappa shape index (κ3) is 3.64. The number of carbonyl (C=O) groups is 1. The van der Waals surface area contributed by atoms with E-state index in [1.807, 2.05) is 6.92 Å². The summed E-state index contributed by atoms with van der Waals surface area (Å²) in [7, 11) is -1.32. The molecule has 4 heterocycles. The van der Waals surface area contributed by atoms with E-state index in [1.54, 1.807) is 6.92 Å². The van der Waals surface area contributed by atoms with Crippen molar-refractivity contribution in [3.63, 3.8) is 0 Å². The van der Waals surface area contributed by atoms with Gasteiger partial charge in [-0.3, -0.25) is 14.8 Å². The average molecular weight is 461 g/mol. The zero-order valence-corrected chi connectivity index (χ0v) is 19.0. The van der Waals surface area contributed by atoms with Crippen LogP contribution in [0.3, 0.4) is 0 Å². The number of hydrogen-bond acceptors (Lipinski definition) is 9. The van der Waals surface area contributed by atoms with E-state index in [2.05, 4.69) is 24.3 Å². The minimum Gasteiger partial charge on any atom is -0.480 e. The Morgan fingerprint density at radius 1 is 1.28 bits per heavy atom. The van der Waals surface area contributed by atoms with Crippen molar-refractivity contribution in [2.24, 2.45) is 15.1 Å². The lowest BCUT2D eigenvalue weighted by atomic mass is 9.96. The van der Waals surface area contributed by atoms with Crippen LogP contribution in [0.25, 0.3) is 0 Å². The number of hydrogen-bond donors (Lipinski definition) is 1. The minimum atomic E-state index is -2.77. The Kier molecular flexibility index (Phi) is 5.48. The van der Waals surface area contributed by atoms with Crippen LogP contribution in [0.4, 0.5) is 4.39 Å². The molecule has 0 bridgehead atoms. The average Bonchev–Trinajstić information content (AvgIpc) is 2.76. The van der Waals surface area contributed by atoms with E-state index in [0.717, 1.165) is 6.42 Å². The van der Waals surface area contributed by atoms with Crippen molar-refractivity contribution >= 4 is 21.3 Å². The van der Waals surface area contributed by atoms with Crippen LogP contribution in [-0.2, 0) is 21.7 Å². The lowest BCUT2D eigenvalue weighted by molar-refractivity contribution is 0.0986. The van der Waals surface area contributed by atoms with E-state index in [9.17, 15) is 13.4 Å². The van der Waals surface area contributed by atoms with Gasteiger partial charge in [-0.1, -0.05) is 0 Å². The highest BCUT2D eigenvalue weighted by atomic mass is 32.2. The van der Waals surface area contributed by atoms with Crippen LogP contribution in [0.1, 0.15) is 48.6 Å². The Morgan fingerprint density at radius 3 is 2.75 bits per heavy atom. The first-order chi connectivity index (χ1) is 15.1. The molecule has 0 aromatic carbocycles. The second-order valence-corrected chi connectivity index (χ2v) is 11.1. The van der Waals surface area contributed by atoms with Crippen LogP contribution in [0, 0.1) is 5.82 Å². The zero-order valence-electron chi connectivity index (χ0n) is 18.2. The highest BCUT2D eigenvalue weighted by molar-refractivity contribution is 7.95. The van der Waals surface area contributed by atoms with E-state index in [-0.39, 0.29) is 35.2 Å². The molecule has 0 aliphatic carbocycles. The maximum atomic E-state index is 14.9. The predicted octanol–water partition coefficient (Wildman–Crippen LogP) is 2.05. The highest BCUT2D eigenvalue weighted by Gasteiger charge is 2.51. The van der Waals surface area contributed by atoms with Gasteiger partial charge in [-0.25, -0.2) is 22.9 Å². The number of rotatable bonds is 5. The molecule has 0 saturated heterocycles. The first kappa shape index (κ1) is 22.3. The summed E-state index contributed by atoms with van der Waals surface area (Å²) in [4.78, 5) is 29.6. The molecule has 0 fully saturated rings. The highest BCUT2D eigenvalue weighted by Crippen LogP contribution is 2.41. The van der Waals surface area contributed by atoms with Crippen LogP contribution < -0.4 is 10.5 Å². The molecule has 2 aliphatic rings. The number of fused-ring (bicyclic) bond motifs is 1. The Balaban J connectivity index is 1.68. The summed E-state index contributed by atoms with van der Waals surface area (Å²) in [5.41, 5.74) is 5.49. The van der Waals surface area contributed by atoms with Gasteiger partial charge in [0.1, 0.15) is 33.3 Å². The molecule has 2 aromatic rings. The number of nitrogens with zero attached hydrogens (tertiary/aromatic N) is 5. The van der Waals surface area contributed by atoms with Gasteiger partial charge in [-0.05, 0) is 38.8 Å². The van der Waals surface area contributed by atoms with Crippen LogP contribution >= 0.6 is 0 Å². The van der Waals surface area contributed by atoms with Gasteiger partial charge >= 0.3 is 0 Å². The fourth-order valence-electron chi connectivity index (χ4n) is 4.12. The molecule has 3 unspecified atom stereocenters. The number of ketones is 1. The molecule has 2 N–H and O–H groups in total. The molecule has 11 heteroatoms. The second kappa shape index (κ2) is 7.88. The van der Waals surface area contributed by atoms with E-state index in [4.69, 9.17) is 10.5 Å². The van der Waals surface area contributed by atoms with Crippen molar-refractivity contribution in [2.75, 3.05) is 19.4 Å². The predicted molar refractivity (Wildman–Crippen MR) is 118 cm³/mol. The number of halogens is 1. The van der Waals surface area contributed by atoms with Crippen molar-refractivity contribution in [1.82, 2.24) is 15.0 Å². The molecule has 2 aliphatic heterocycles. The fraction of sp³-hybridized carbons (Fsp3) is 0.476. The second-order valence-electron chi connectivity index (χ2n) is 8.42. The number of nitrogens with two attached hydrogens (primary N) is 1. The fourth-order valence-corrected chi connectivity index (χ4v) is 7.04. The summed E-state index contributed by atoms with van der Waals surface area (Å²) in [6, 6.07) is 2.67. The molecule has 32 heavy (non-hydrogen) atoms. The van der Waals surface area contributed by atoms with Crippen LogP contribution in [0.15, 0.2) is 33.9 Å². The van der Waals surface area contributed by atoms with E-state index in [0.29, 0.717) is 24.5 Å². The van der Waals surface area contributed by atoms with Crippen molar-refractivity contribution in [2.45, 2.75) is 43.4 Å². The van der Waals surface area contributed by atoms with Crippen molar-refractivity contribution < 1.29 is 18.1 Å². The SMILES string of the molecule is COc1cnc(C(=O)Cc2ccc(F)c(C3(C)CS4(=O)=NCCCC4(C)C(N)=N3)n2)cn1. The molecule has 2 aromatic heterocycles. The molecule has 0 radical (unpaired) electrons. The van der Waals surface area contributed by atoms with Gasteiger partial charge in [0.15, 0.2) is 5.78 Å². The summed E-state index contributed by atoms with van der Waals surface area (Å²) in [5, 5.41) is 0. The van der Waals surface area contributed by atoms with Crippen LogP contribution in [0.2, 0.25) is 0 Å². The Bertz CT molecular complexity index is 1220. The smallest absolute Gasteiger partial charge is 0.232 e. The Morgan fingerprint density at radius 2 is 2.06 bits per heavy atom. The number of amidine groups is 1. The molecule has 0 amide bonds. The molecule has 4 rings (SSSR count). The standard InChI is InChI=1S/C21H25FN6O3S/c1-20(12-32(30)21(2,19(23)28-20)7-4-8-26-32)18-14(22)6-5-13(27-18)9-16(29)15-10-25-17(31-3)11-24-15/h5-6,10-11H,4,7-9,12H2,1-3H3,(H2,23,28). The lowest BCUT2D eigenvalue weighted by Crippen LogP contribution is -2.57. The van der Waals surface area contributed by atoms with E-state index in [1.165, 1.54) is 31.6 Å². The molecule has 170 valence electrons. The Labute approximate surface area is 185 Å². The number of Topliss-reactive ketones (excluding diaryl/α,β-unsaturated/α-hetero) is 1. The largest absolute Gasteiger partial charge is 0.480 e. The lowest BCUT2D eigenvalue weighted by Gasteiger charge is -2.43. The number of aliphatic imine (C=N–C) groups is 1. The number of ether oxygens (including phenoxy) is 1. The first-order valence-corrected chi connectivity index (χ1v) is 11.9. The summed E-state index contributed by atoms with van der Waals surface area (Å²) < 4.78 is 37.2. The van der Waals surface area contributed by atoms with Gasteiger partial charge in [0, 0.05) is 12.2 Å². The van der Waals surface area contributed by atoms with Gasteiger partial charge in [-0.15, -0.1) is 0 Å². The number of carbonyl (C=O) groups excluding carboxylic acids is 1. The van der Waals surface area contributed by atoms with Crippen molar-refractivity contribution in [3.05, 3.63) is 47.4 Å². The van der Waals surface area contributed by atoms with Gasteiger partial charge in [0.2, 0.25) is 5.88 Å². The third-order valence-corrected chi connectivity index (χ3v) is 9.45. The quantitative estimate of drug-likeness (QED) is 0.675.